The summed E-state index contributed by atoms with van der Waals surface area (Å²) in [5.41, 5.74) is 0.793. The van der Waals surface area contributed by atoms with Crippen molar-refractivity contribution in [2.45, 2.75) is 25.3 Å². The summed E-state index contributed by atoms with van der Waals surface area (Å²) in [4.78, 5) is 11.4. The third-order valence-corrected chi connectivity index (χ3v) is 3.47. The van der Waals surface area contributed by atoms with Crippen LogP contribution in [0.2, 0.25) is 5.02 Å². The Bertz CT molecular complexity index is 442. The van der Waals surface area contributed by atoms with Crippen molar-refractivity contribution in [3.8, 4) is 0 Å². The maximum Gasteiger partial charge on any atom is 0.326 e. The lowest BCUT2D eigenvalue weighted by atomic mass is 9.87. The molecule has 1 aromatic carbocycles. The Balaban J connectivity index is 2.08. The van der Waals surface area contributed by atoms with Crippen LogP contribution in [-0.2, 0) is 4.79 Å². The van der Waals surface area contributed by atoms with Crippen LogP contribution in [0, 0.1) is 5.92 Å². The van der Waals surface area contributed by atoms with E-state index in [4.69, 9.17) is 11.6 Å². The Kier molecular flexibility index (Phi) is 4.26. The smallest absolute Gasteiger partial charge is 0.326 e. The van der Waals surface area contributed by atoms with Crippen LogP contribution in [0.3, 0.4) is 0 Å². The lowest BCUT2D eigenvalue weighted by Gasteiger charge is -2.26. The van der Waals surface area contributed by atoms with Crippen LogP contribution in [0.1, 0.15) is 19.3 Å². The van der Waals surface area contributed by atoms with Gasteiger partial charge in [0.15, 0.2) is 0 Å². The first-order valence-electron chi connectivity index (χ1n) is 6.07. The van der Waals surface area contributed by atoms with Crippen molar-refractivity contribution in [3.63, 3.8) is 0 Å². The molecule has 4 heteroatoms. The molecule has 2 rings (SSSR count). The van der Waals surface area contributed by atoms with Crippen molar-refractivity contribution in [1.82, 2.24) is 0 Å². The summed E-state index contributed by atoms with van der Waals surface area (Å²) in [7, 11) is 0. The first-order valence-corrected chi connectivity index (χ1v) is 6.44. The standard InChI is InChI=1S/C14H16ClNO2/c15-11-6-8-12(9-7-11)16-13(14(17)18)10-4-2-1-3-5-10/h1-2,6-10,13,16H,3-5H2,(H,17,18). The van der Waals surface area contributed by atoms with E-state index in [1.165, 1.54) is 0 Å². The molecule has 0 saturated carbocycles. The molecule has 1 aromatic rings. The number of carboxylic acids is 1. The Morgan fingerprint density at radius 2 is 2.06 bits per heavy atom. The molecule has 3 nitrogen and oxygen atoms in total. The van der Waals surface area contributed by atoms with E-state index < -0.39 is 12.0 Å². The number of anilines is 1. The van der Waals surface area contributed by atoms with E-state index in [0.29, 0.717) is 5.02 Å². The summed E-state index contributed by atoms with van der Waals surface area (Å²) in [5.74, 6) is -0.659. The molecule has 0 aromatic heterocycles. The molecule has 96 valence electrons. The first kappa shape index (κ1) is 13.0. The van der Waals surface area contributed by atoms with Gasteiger partial charge in [-0.25, -0.2) is 4.79 Å². The molecular weight excluding hydrogens is 250 g/mol. The van der Waals surface area contributed by atoms with Crippen LogP contribution < -0.4 is 5.32 Å². The number of carboxylic acid groups (broad SMARTS) is 1. The fraction of sp³-hybridized carbons (Fsp3) is 0.357. The predicted molar refractivity (Wildman–Crippen MR) is 73.0 cm³/mol. The molecule has 1 aliphatic rings. The second kappa shape index (κ2) is 5.91. The highest BCUT2D eigenvalue weighted by atomic mass is 35.5. The van der Waals surface area contributed by atoms with Gasteiger partial charge in [-0.15, -0.1) is 0 Å². The summed E-state index contributed by atoms with van der Waals surface area (Å²) in [6.07, 6.45) is 6.85. The van der Waals surface area contributed by atoms with Crippen molar-refractivity contribution in [3.05, 3.63) is 41.4 Å². The van der Waals surface area contributed by atoms with E-state index in [-0.39, 0.29) is 5.92 Å². The third-order valence-electron chi connectivity index (χ3n) is 3.21. The van der Waals surface area contributed by atoms with E-state index >= 15 is 0 Å². The molecule has 0 amide bonds. The van der Waals surface area contributed by atoms with Gasteiger partial charge >= 0.3 is 5.97 Å². The number of nitrogens with one attached hydrogen (secondary N) is 1. The summed E-state index contributed by atoms with van der Waals surface area (Å²) < 4.78 is 0. The van der Waals surface area contributed by atoms with Gasteiger partial charge in [-0.05, 0) is 49.4 Å². The van der Waals surface area contributed by atoms with Crippen molar-refractivity contribution < 1.29 is 9.90 Å². The zero-order chi connectivity index (χ0) is 13.0. The number of aliphatic carboxylic acids is 1. The highest BCUT2D eigenvalue weighted by molar-refractivity contribution is 6.30. The van der Waals surface area contributed by atoms with Gasteiger partial charge in [-0.2, -0.15) is 0 Å². The molecule has 0 saturated heterocycles. The van der Waals surface area contributed by atoms with Crippen LogP contribution >= 0.6 is 11.6 Å². The minimum absolute atomic E-state index is 0.142. The number of hydrogen-bond acceptors (Lipinski definition) is 2. The zero-order valence-corrected chi connectivity index (χ0v) is 10.7. The van der Waals surface area contributed by atoms with Gasteiger partial charge in [-0.1, -0.05) is 23.8 Å². The molecule has 2 N–H and O–H groups in total. The highest BCUT2D eigenvalue weighted by Crippen LogP contribution is 2.25. The first-order chi connectivity index (χ1) is 8.66. The fourth-order valence-corrected chi connectivity index (χ4v) is 2.35. The van der Waals surface area contributed by atoms with Crippen LogP contribution in [-0.4, -0.2) is 17.1 Å². The average molecular weight is 266 g/mol. The summed E-state index contributed by atoms with van der Waals surface area (Å²) >= 11 is 5.81. The molecule has 0 radical (unpaired) electrons. The summed E-state index contributed by atoms with van der Waals surface area (Å²) in [5, 5.41) is 13.1. The number of rotatable bonds is 4. The normalized spacial score (nSPS) is 20.4. The lowest BCUT2D eigenvalue weighted by Crippen LogP contribution is -2.37. The predicted octanol–water partition coefficient (Wildman–Crippen LogP) is 3.56. The Morgan fingerprint density at radius 1 is 1.33 bits per heavy atom. The van der Waals surface area contributed by atoms with Crippen LogP contribution in [0.25, 0.3) is 0 Å². The van der Waals surface area contributed by atoms with E-state index in [1.54, 1.807) is 24.3 Å². The van der Waals surface area contributed by atoms with Crippen molar-refractivity contribution in [1.29, 1.82) is 0 Å². The van der Waals surface area contributed by atoms with E-state index in [0.717, 1.165) is 24.9 Å². The fourth-order valence-electron chi connectivity index (χ4n) is 2.23. The van der Waals surface area contributed by atoms with Gasteiger partial charge < -0.3 is 10.4 Å². The van der Waals surface area contributed by atoms with Crippen molar-refractivity contribution in [2.75, 3.05) is 5.32 Å². The molecule has 0 heterocycles. The largest absolute Gasteiger partial charge is 0.480 e. The van der Waals surface area contributed by atoms with Crippen molar-refractivity contribution >= 4 is 23.3 Å². The molecular formula is C14H16ClNO2. The minimum atomic E-state index is -0.801. The van der Waals surface area contributed by atoms with Crippen LogP contribution in [0.4, 0.5) is 5.69 Å². The van der Waals surface area contributed by atoms with E-state index in [2.05, 4.69) is 17.5 Å². The maximum atomic E-state index is 11.4. The van der Waals surface area contributed by atoms with Gasteiger partial charge in [0, 0.05) is 10.7 Å². The SMILES string of the molecule is O=C(O)C(Nc1ccc(Cl)cc1)C1CC=CCC1. The topological polar surface area (TPSA) is 49.3 Å². The molecule has 1 aliphatic carbocycles. The van der Waals surface area contributed by atoms with Gasteiger partial charge in [0.05, 0.1) is 0 Å². The second-order valence-corrected chi connectivity index (χ2v) is 4.95. The number of carbonyl (C=O) groups is 1. The number of benzene rings is 1. The van der Waals surface area contributed by atoms with Crippen LogP contribution in [0.15, 0.2) is 36.4 Å². The van der Waals surface area contributed by atoms with Crippen LogP contribution in [0.5, 0.6) is 0 Å². The summed E-state index contributed by atoms with van der Waals surface area (Å²) in [6, 6.07) is 6.57. The number of halogens is 1. The number of hydrogen-bond donors (Lipinski definition) is 2. The van der Waals surface area contributed by atoms with Gasteiger partial charge in [0.25, 0.3) is 0 Å². The molecule has 0 aliphatic heterocycles. The average Bonchev–Trinajstić information content (AvgIpc) is 2.38. The molecule has 18 heavy (non-hydrogen) atoms. The monoisotopic (exact) mass is 265 g/mol. The number of allylic oxidation sites excluding steroid dienone is 2. The quantitative estimate of drug-likeness (QED) is 0.819. The lowest BCUT2D eigenvalue weighted by molar-refractivity contribution is -0.139. The van der Waals surface area contributed by atoms with E-state index in [1.807, 2.05) is 0 Å². The summed E-state index contributed by atoms with van der Waals surface area (Å²) in [6.45, 7) is 0. The molecule has 0 bridgehead atoms. The van der Waals surface area contributed by atoms with E-state index in [9.17, 15) is 9.90 Å². The zero-order valence-electron chi connectivity index (χ0n) is 9.97. The maximum absolute atomic E-state index is 11.4. The van der Waals surface area contributed by atoms with Gasteiger partial charge in [0.2, 0.25) is 0 Å². The molecule has 0 spiro atoms. The van der Waals surface area contributed by atoms with Gasteiger partial charge in [0.1, 0.15) is 6.04 Å². The second-order valence-electron chi connectivity index (χ2n) is 4.51. The minimum Gasteiger partial charge on any atom is -0.480 e. The molecule has 2 atom stereocenters. The highest BCUT2D eigenvalue weighted by Gasteiger charge is 2.27. The Morgan fingerprint density at radius 3 is 2.61 bits per heavy atom. The Labute approximate surface area is 111 Å². The Hall–Kier alpha value is -1.48. The van der Waals surface area contributed by atoms with Gasteiger partial charge in [-0.3, -0.25) is 0 Å². The molecule has 0 fully saturated rings. The van der Waals surface area contributed by atoms with Crippen molar-refractivity contribution in [2.24, 2.45) is 5.92 Å². The molecule has 2 unspecified atom stereocenters. The third kappa shape index (κ3) is 3.26.